The molecule has 4 amide bonds. The van der Waals surface area contributed by atoms with Crippen LogP contribution in [-0.2, 0) is 36.7 Å². The predicted octanol–water partition coefficient (Wildman–Crippen LogP) is 7.60. The number of carbonyl (C=O) groups is 4. The molecule has 1 fully saturated rings. The third-order valence-corrected chi connectivity index (χ3v) is 9.63. The molecular weight excluding hydrogens is 663 g/mol. The van der Waals surface area contributed by atoms with Crippen molar-refractivity contribution in [3.05, 3.63) is 102 Å². The van der Waals surface area contributed by atoms with Gasteiger partial charge in [-0.3, -0.25) is 23.8 Å². The van der Waals surface area contributed by atoms with Gasteiger partial charge in [0.05, 0.1) is 0 Å². The summed E-state index contributed by atoms with van der Waals surface area (Å²) in [5, 5.41) is 6.02. The highest BCUT2D eigenvalue weighted by Gasteiger charge is 2.46. The third kappa shape index (κ3) is 11.7. The lowest BCUT2D eigenvalue weighted by atomic mass is 9.81. The predicted molar refractivity (Wildman–Crippen MR) is 199 cm³/mol. The van der Waals surface area contributed by atoms with Gasteiger partial charge in [0, 0.05) is 25.2 Å². The fourth-order valence-corrected chi connectivity index (χ4v) is 7.33. The van der Waals surface area contributed by atoms with E-state index in [1.807, 2.05) is 92.7 Å². The molecule has 3 aromatic rings. The molecule has 1 saturated heterocycles. The maximum atomic E-state index is 14.3. The van der Waals surface area contributed by atoms with E-state index >= 15 is 0 Å². The van der Waals surface area contributed by atoms with Gasteiger partial charge in [-0.1, -0.05) is 92.7 Å². The van der Waals surface area contributed by atoms with Crippen LogP contribution in [0.2, 0.25) is 0 Å². The second-order valence-electron chi connectivity index (χ2n) is 13.5. The number of rotatable bonds is 19. The molecule has 0 saturated carbocycles. The number of likely N-dealkylation sites (tertiary alicyclic amines) is 1. The van der Waals surface area contributed by atoms with Crippen LogP contribution in [-0.4, -0.2) is 64.6 Å². The van der Waals surface area contributed by atoms with Gasteiger partial charge in [-0.25, -0.2) is 4.79 Å². The number of nitrogens with one attached hydrogen (secondary N) is 2. The number of benzene rings is 3. The van der Waals surface area contributed by atoms with E-state index in [0.29, 0.717) is 70.1 Å². The van der Waals surface area contributed by atoms with Gasteiger partial charge in [0.2, 0.25) is 17.7 Å². The maximum absolute atomic E-state index is 14.3. The molecule has 0 aliphatic carbocycles. The van der Waals surface area contributed by atoms with E-state index < -0.39 is 17.7 Å². The Morgan fingerprint density at radius 2 is 1.55 bits per heavy atom. The first-order chi connectivity index (χ1) is 24.7. The number of nitrogens with zero attached hydrogens (tertiary/aromatic N) is 2. The molecule has 2 N–H and O–H groups in total. The van der Waals surface area contributed by atoms with Crippen molar-refractivity contribution < 1.29 is 28.5 Å². The van der Waals surface area contributed by atoms with Gasteiger partial charge in [-0.15, -0.1) is 0 Å². The van der Waals surface area contributed by atoms with Gasteiger partial charge in [0.15, 0.2) is 8.46 Å². The molecule has 51 heavy (non-hydrogen) atoms. The van der Waals surface area contributed by atoms with Crippen LogP contribution in [0.15, 0.2) is 91.0 Å². The minimum Gasteiger partial charge on any atom is -0.445 e. The molecule has 1 aliphatic heterocycles. The first-order valence-corrected chi connectivity index (χ1v) is 19.0. The largest absolute Gasteiger partial charge is 0.445 e. The van der Waals surface area contributed by atoms with Crippen molar-refractivity contribution in [3.63, 3.8) is 0 Å². The molecule has 272 valence electrons. The number of para-hydroxylation sites is 1. The lowest BCUT2D eigenvalue weighted by Crippen LogP contribution is -2.59. The SMILES string of the molecule is CC(C)C[C@@](CCCCNC(=O)[C@@H]1CCCN1C(=O)OCc1ccccc1)(C(=O)Nc1ccccc1)N(CP=O)C(=O)CCCc1ccccc1. The third-order valence-electron chi connectivity index (χ3n) is 9.23. The Morgan fingerprint density at radius 1 is 0.902 bits per heavy atom. The molecule has 2 atom stereocenters. The van der Waals surface area contributed by atoms with Crippen molar-refractivity contribution in [2.45, 2.75) is 89.8 Å². The van der Waals surface area contributed by atoms with E-state index in [1.54, 1.807) is 12.1 Å². The lowest BCUT2D eigenvalue weighted by Gasteiger charge is -2.43. The minimum absolute atomic E-state index is 0.0455. The van der Waals surface area contributed by atoms with E-state index in [9.17, 15) is 23.7 Å². The summed E-state index contributed by atoms with van der Waals surface area (Å²) in [4.78, 5) is 57.4. The lowest BCUT2D eigenvalue weighted by molar-refractivity contribution is -0.146. The number of anilines is 1. The Labute approximate surface area is 303 Å². The monoisotopic (exact) mass is 714 g/mol. The number of amides is 4. The van der Waals surface area contributed by atoms with Crippen molar-refractivity contribution in [1.29, 1.82) is 0 Å². The first-order valence-electron chi connectivity index (χ1n) is 18.0. The Balaban J connectivity index is 1.42. The van der Waals surface area contributed by atoms with Gasteiger partial charge in [-0.2, -0.15) is 0 Å². The average molecular weight is 715 g/mol. The fraction of sp³-hybridized carbons (Fsp3) is 0.450. The van der Waals surface area contributed by atoms with E-state index in [1.165, 1.54) is 9.80 Å². The topological polar surface area (TPSA) is 125 Å². The maximum Gasteiger partial charge on any atom is 0.410 e. The highest BCUT2D eigenvalue weighted by atomic mass is 31.1. The summed E-state index contributed by atoms with van der Waals surface area (Å²) in [7, 11) is -0.253. The van der Waals surface area contributed by atoms with Crippen LogP contribution in [0, 0.1) is 5.92 Å². The Bertz CT molecular complexity index is 1560. The zero-order chi connectivity index (χ0) is 36.5. The van der Waals surface area contributed by atoms with E-state index in [2.05, 4.69) is 10.6 Å². The molecule has 1 aliphatic rings. The highest BCUT2D eigenvalue weighted by molar-refractivity contribution is 7.23. The second-order valence-corrected chi connectivity index (χ2v) is 14.1. The molecule has 0 bridgehead atoms. The van der Waals surface area contributed by atoms with Crippen LogP contribution in [0.4, 0.5) is 10.5 Å². The highest BCUT2D eigenvalue weighted by Crippen LogP contribution is 2.34. The van der Waals surface area contributed by atoms with Gasteiger partial charge in [0.25, 0.3) is 0 Å². The Kier molecular flexibility index (Phi) is 15.6. The van der Waals surface area contributed by atoms with Crippen LogP contribution >= 0.6 is 8.46 Å². The number of aryl methyl sites for hydroxylation is 1. The van der Waals surface area contributed by atoms with Gasteiger partial charge >= 0.3 is 6.09 Å². The van der Waals surface area contributed by atoms with E-state index in [4.69, 9.17) is 4.74 Å². The van der Waals surface area contributed by atoms with E-state index in [-0.39, 0.29) is 51.4 Å². The average Bonchev–Trinajstić information content (AvgIpc) is 3.64. The molecule has 11 heteroatoms. The Hall–Kier alpha value is -4.56. The van der Waals surface area contributed by atoms with Crippen molar-refractivity contribution >= 4 is 38.0 Å². The van der Waals surface area contributed by atoms with Gasteiger partial charge < -0.3 is 20.3 Å². The van der Waals surface area contributed by atoms with Crippen LogP contribution < -0.4 is 10.6 Å². The van der Waals surface area contributed by atoms with Crippen LogP contribution in [0.1, 0.15) is 76.3 Å². The Morgan fingerprint density at radius 3 is 2.20 bits per heavy atom. The second kappa shape index (κ2) is 20.3. The number of carbonyl (C=O) groups excluding carboxylic acids is 4. The fourth-order valence-electron chi connectivity index (χ4n) is 6.79. The molecule has 10 nitrogen and oxygen atoms in total. The minimum atomic E-state index is -1.26. The smallest absolute Gasteiger partial charge is 0.410 e. The van der Waals surface area contributed by atoms with Crippen LogP contribution in [0.3, 0.4) is 0 Å². The molecule has 0 unspecified atom stereocenters. The number of unbranched alkanes of at least 4 members (excludes halogenated alkanes) is 1. The first kappa shape index (κ1) is 39.2. The zero-order valence-electron chi connectivity index (χ0n) is 29.8. The van der Waals surface area contributed by atoms with Crippen molar-refractivity contribution in [3.8, 4) is 0 Å². The molecule has 0 aromatic heterocycles. The zero-order valence-corrected chi connectivity index (χ0v) is 30.7. The number of hydrogen-bond acceptors (Lipinski definition) is 6. The quantitative estimate of drug-likeness (QED) is 0.0974. The summed E-state index contributed by atoms with van der Waals surface area (Å²) in [6, 6.07) is 27.9. The van der Waals surface area contributed by atoms with Crippen LogP contribution in [0.5, 0.6) is 0 Å². The number of ether oxygens (including phenoxy) is 1. The molecule has 0 spiro atoms. The molecule has 4 rings (SSSR count). The molecular formula is C40H51N4O6P. The van der Waals surface area contributed by atoms with E-state index in [0.717, 1.165) is 11.1 Å². The van der Waals surface area contributed by atoms with Gasteiger partial charge in [0.1, 0.15) is 24.5 Å². The summed E-state index contributed by atoms with van der Waals surface area (Å²) >= 11 is 0. The standard InChI is InChI=1S/C40H51N4O6P/c1-31(2)28-40(38(47)42-34-21-10-5-11-22-34,44(30-51-49)36(45)24-14-20-32-16-6-3-7-17-32)25-12-13-26-41-37(46)35-23-15-27-43(35)39(48)50-29-33-18-8-4-9-19-33/h3-11,16-19,21-22,31,35H,12-15,20,23-30H2,1-2H3,(H,41,46)(H,42,47)/t35-,40-/m0/s1. The van der Waals surface area contributed by atoms with Gasteiger partial charge in [-0.05, 0) is 80.5 Å². The van der Waals surface area contributed by atoms with Crippen molar-refractivity contribution in [2.24, 2.45) is 5.92 Å². The van der Waals surface area contributed by atoms with Crippen LogP contribution in [0.25, 0.3) is 0 Å². The molecule has 0 radical (unpaired) electrons. The molecule has 3 aromatic carbocycles. The molecule has 1 heterocycles. The summed E-state index contributed by atoms with van der Waals surface area (Å²) in [5.74, 6) is -0.724. The summed E-state index contributed by atoms with van der Waals surface area (Å²) in [5.41, 5.74) is 1.35. The number of hydrogen-bond donors (Lipinski definition) is 2. The summed E-state index contributed by atoms with van der Waals surface area (Å²) < 4.78 is 17.7. The van der Waals surface area contributed by atoms with Crippen molar-refractivity contribution in [2.75, 3.05) is 24.7 Å². The summed E-state index contributed by atoms with van der Waals surface area (Å²) in [6.07, 6.45) is 3.93. The van der Waals surface area contributed by atoms with Crippen molar-refractivity contribution in [1.82, 2.24) is 15.1 Å². The normalized spacial score (nSPS) is 15.3. The summed E-state index contributed by atoms with van der Waals surface area (Å²) in [6.45, 7) is 4.95.